The number of fused-ring (bicyclic) bond motifs is 1. The van der Waals surface area contributed by atoms with E-state index < -0.39 is 5.63 Å². The molecule has 0 amide bonds. The summed E-state index contributed by atoms with van der Waals surface area (Å²) in [5.41, 5.74) is 1.69. The Morgan fingerprint density at radius 1 is 1.14 bits per heavy atom. The molecule has 0 unspecified atom stereocenters. The highest BCUT2D eigenvalue weighted by Crippen LogP contribution is 2.28. The van der Waals surface area contributed by atoms with Crippen molar-refractivity contribution >= 4 is 11.0 Å². The summed E-state index contributed by atoms with van der Waals surface area (Å²) in [6, 6.07) is 8.33. The third kappa shape index (κ3) is 2.23. The summed E-state index contributed by atoms with van der Waals surface area (Å²) in [6.45, 7) is 1.85. The van der Waals surface area contributed by atoms with Crippen LogP contribution in [0.2, 0.25) is 0 Å². The van der Waals surface area contributed by atoms with Crippen LogP contribution in [-0.2, 0) is 0 Å². The zero-order valence-electron chi connectivity index (χ0n) is 11.6. The molecule has 0 aliphatic rings. The van der Waals surface area contributed by atoms with E-state index in [-0.39, 0.29) is 5.56 Å². The van der Waals surface area contributed by atoms with E-state index in [0.717, 1.165) is 10.9 Å². The van der Waals surface area contributed by atoms with Crippen LogP contribution in [-0.4, -0.2) is 12.1 Å². The van der Waals surface area contributed by atoms with Crippen LogP contribution in [0.1, 0.15) is 5.56 Å². The molecule has 3 aromatic rings. The number of hydrogen-bond acceptors (Lipinski definition) is 4. The predicted molar refractivity (Wildman–Crippen MR) is 79.8 cm³/mol. The van der Waals surface area contributed by atoms with Gasteiger partial charge in [0.1, 0.15) is 11.3 Å². The Hall–Kier alpha value is -2.82. The van der Waals surface area contributed by atoms with Crippen LogP contribution < -0.4 is 15.9 Å². The second-order valence-electron chi connectivity index (χ2n) is 4.69. The number of ether oxygens (including phenoxy) is 1. The van der Waals surface area contributed by atoms with Crippen LogP contribution in [0.15, 0.2) is 50.5 Å². The minimum absolute atomic E-state index is 0.216. The van der Waals surface area contributed by atoms with Crippen molar-refractivity contribution in [2.24, 2.45) is 0 Å². The molecule has 0 bridgehead atoms. The number of hydrogen-bond donors (Lipinski definition) is 1. The Morgan fingerprint density at radius 2 is 1.95 bits per heavy atom. The first-order chi connectivity index (χ1) is 10.1. The highest BCUT2D eigenvalue weighted by atomic mass is 16.5. The van der Waals surface area contributed by atoms with Crippen molar-refractivity contribution in [1.82, 2.24) is 4.98 Å². The van der Waals surface area contributed by atoms with Gasteiger partial charge in [-0.05, 0) is 30.7 Å². The molecule has 1 aromatic carbocycles. The number of aromatic nitrogens is 1. The van der Waals surface area contributed by atoms with Crippen molar-refractivity contribution in [2.45, 2.75) is 6.92 Å². The molecule has 21 heavy (non-hydrogen) atoms. The van der Waals surface area contributed by atoms with Gasteiger partial charge in [-0.1, -0.05) is 0 Å². The molecule has 0 aliphatic carbocycles. The molecule has 0 aliphatic heterocycles. The Labute approximate surface area is 119 Å². The van der Waals surface area contributed by atoms with E-state index >= 15 is 0 Å². The summed E-state index contributed by atoms with van der Waals surface area (Å²) in [7, 11) is 1.56. The Morgan fingerprint density at radius 3 is 2.62 bits per heavy atom. The summed E-state index contributed by atoms with van der Waals surface area (Å²) in [4.78, 5) is 25.9. The van der Waals surface area contributed by atoms with Gasteiger partial charge in [0.15, 0.2) is 0 Å². The van der Waals surface area contributed by atoms with Gasteiger partial charge in [0.05, 0.1) is 12.7 Å². The van der Waals surface area contributed by atoms with Crippen LogP contribution in [0.4, 0.5) is 0 Å². The molecule has 0 atom stereocenters. The molecule has 2 heterocycles. The first kappa shape index (κ1) is 13.2. The van der Waals surface area contributed by atoms with Gasteiger partial charge in [-0.15, -0.1) is 0 Å². The number of nitrogens with one attached hydrogen (secondary N) is 1. The first-order valence-electron chi connectivity index (χ1n) is 6.40. The standard InChI is InChI=1S/C16H13NO4/c1-9-12-5-4-11(20-2)7-13(12)21-16(19)15(9)10-3-6-14(18)17-8-10/h3-8H,1-2H3,(H,17,18). The lowest BCUT2D eigenvalue weighted by molar-refractivity contribution is 0.414. The van der Waals surface area contributed by atoms with E-state index in [4.69, 9.17) is 9.15 Å². The number of pyridine rings is 1. The molecule has 1 N–H and O–H groups in total. The number of methoxy groups -OCH3 is 1. The average Bonchev–Trinajstić information content (AvgIpc) is 2.48. The monoisotopic (exact) mass is 283 g/mol. The van der Waals surface area contributed by atoms with Gasteiger partial charge >= 0.3 is 5.63 Å². The summed E-state index contributed by atoms with van der Waals surface area (Å²) < 4.78 is 10.5. The lowest BCUT2D eigenvalue weighted by atomic mass is 10.0. The molecule has 5 heteroatoms. The van der Waals surface area contributed by atoms with Crippen LogP contribution >= 0.6 is 0 Å². The number of aromatic amines is 1. The lowest BCUT2D eigenvalue weighted by Crippen LogP contribution is -2.08. The van der Waals surface area contributed by atoms with E-state index in [9.17, 15) is 9.59 Å². The van der Waals surface area contributed by atoms with Crippen LogP contribution in [0, 0.1) is 6.92 Å². The van der Waals surface area contributed by atoms with Gasteiger partial charge in [0.2, 0.25) is 5.56 Å². The maximum absolute atomic E-state index is 12.2. The highest BCUT2D eigenvalue weighted by molar-refractivity contribution is 5.87. The van der Waals surface area contributed by atoms with Crippen molar-refractivity contribution in [3.8, 4) is 16.9 Å². The smallest absolute Gasteiger partial charge is 0.344 e. The van der Waals surface area contributed by atoms with Crippen molar-refractivity contribution in [3.05, 3.63) is 62.9 Å². The average molecular weight is 283 g/mol. The Bertz CT molecular complexity index is 917. The largest absolute Gasteiger partial charge is 0.497 e. The summed E-state index contributed by atoms with van der Waals surface area (Å²) >= 11 is 0. The molecule has 0 saturated heterocycles. The fourth-order valence-corrected chi connectivity index (χ4v) is 2.36. The minimum atomic E-state index is -0.444. The molecule has 2 aromatic heterocycles. The molecule has 5 nitrogen and oxygen atoms in total. The molecular weight excluding hydrogens is 270 g/mol. The third-order valence-electron chi connectivity index (χ3n) is 3.45. The lowest BCUT2D eigenvalue weighted by Gasteiger charge is -2.08. The summed E-state index contributed by atoms with van der Waals surface area (Å²) in [5.74, 6) is 0.627. The normalized spacial score (nSPS) is 10.8. The number of H-pyrrole nitrogens is 1. The number of rotatable bonds is 2. The molecule has 0 saturated carbocycles. The maximum Gasteiger partial charge on any atom is 0.344 e. The van der Waals surface area contributed by atoms with E-state index in [2.05, 4.69) is 4.98 Å². The maximum atomic E-state index is 12.2. The van der Waals surface area contributed by atoms with Crippen LogP contribution in [0.3, 0.4) is 0 Å². The Kier molecular flexibility index (Phi) is 3.10. The molecule has 0 radical (unpaired) electrons. The zero-order valence-corrected chi connectivity index (χ0v) is 11.6. The topological polar surface area (TPSA) is 72.3 Å². The molecule has 0 fully saturated rings. The SMILES string of the molecule is COc1ccc2c(C)c(-c3ccc(=O)[nH]c3)c(=O)oc2c1. The van der Waals surface area contributed by atoms with Gasteiger partial charge in [-0.2, -0.15) is 0 Å². The van der Waals surface area contributed by atoms with E-state index in [0.29, 0.717) is 22.5 Å². The number of aryl methyl sites for hydroxylation is 1. The van der Waals surface area contributed by atoms with Crippen LogP contribution in [0.5, 0.6) is 5.75 Å². The predicted octanol–water partition coefficient (Wildman–Crippen LogP) is 2.47. The molecular formula is C16H13NO4. The second kappa shape index (κ2) is 4.94. The number of benzene rings is 1. The van der Waals surface area contributed by atoms with E-state index in [1.54, 1.807) is 19.2 Å². The zero-order chi connectivity index (χ0) is 15.0. The quantitative estimate of drug-likeness (QED) is 0.733. The molecule has 0 spiro atoms. The van der Waals surface area contributed by atoms with Crippen LogP contribution in [0.25, 0.3) is 22.1 Å². The second-order valence-corrected chi connectivity index (χ2v) is 4.69. The highest BCUT2D eigenvalue weighted by Gasteiger charge is 2.13. The minimum Gasteiger partial charge on any atom is -0.497 e. The summed E-state index contributed by atoms with van der Waals surface area (Å²) in [5, 5.41) is 0.830. The molecule has 106 valence electrons. The van der Waals surface area contributed by atoms with Gasteiger partial charge in [-0.3, -0.25) is 4.79 Å². The fraction of sp³-hybridized carbons (Fsp3) is 0.125. The van der Waals surface area contributed by atoms with Gasteiger partial charge in [0, 0.05) is 29.3 Å². The van der Waals surface area contributed by atoms with Crippen molar-refractivity contribution in [1.29, 1.82) is 0 Å². The Balaban J connectivity index is 2.31. The van der Waals surface area contributed by atoms with E-state index in [1.165, 1.54) is 12.3 Å². The van der Waals surface area contributed by atoms with Gasteiger partial charge < -0.3 is 14.1 Å². The van der Waals surface area contributed by atoms with Gasteiger partial charge in [0.25, 0.3) is 0 Å². The van der Waals surface area contributed by atoms with Gasteiger partial charge in [-0.25, -0.2) is 4.79 Å². The first-order valence-corrected chi connectivity index (χ1v) is 6.40. The fourth-order valence-electron chi connectivity index (χ4n) is 2.36. The van der Waals surface area contributed by atoms with Crippen molar-refractivity contribution in [2.75, 3.05) is 7.11 Å². The van der Waals surface area contributed by atoms with Crippen molar-refractivity contribution < 1.29 is 9.15 Å². The summed E-state index contributed by atoms with van der Waals surface area (Å²) in [6.07, 6.45) is 1.51. The van der Waals surface area contributed by atoms with Crippen molar-refractivity contribution in [3.63, 3.8) is 0 Å². The molecule has 3 rings (SSSR count). The third-order valence-corrected chi connectivity index (χ3v) is 3.45. The van der Waals surface area contributed by atoms with E-state index in [1.807, 2.05) is 19.1 Å².